The first-order chi connectivity index (χ1) is 4.86. The number of nitrogens with zero attached hydrogens (tertiary/aromatic N) is 2. The Kier molecular flexibility index (Phi) is 2.72. The Morgan fingerprint density at radius 2 is 2.70 bits per heavy atom. The van der Waals surface area contributed by atoms with Gasteiger partial charge in [0.15, 0.2) is 10.0 Å². The van der Waals surface area contributed by atoms with E-state index in [0.717, 1.165) is 10.1 Å². The van der Waals surface area contributed by atoms with Crippen molar-refractivity contribution in [2.45, 2.75) is 11.3 Å². The summed E-state index contributed by atoms with van der Waals surface area (Å²) >= 11 is 3.20. The molecule has 4 heteroatoms. The maximum atomic E-state index is 8.40. The normalized spacial score (nSPS) is 9.20. The van der Waals surface area contributed by atoms with Crippen LogP contribution in [0.15, 0.2) is 9.72 Å². The predicted octanol–water partition coefficient (Wildman–Crippen LogP) is 2.13. The fraction of sp³-hybridized carbons (Fsp3) is 0.333. The molecule has 52 valence electrons. The molecule has 0 unspecified atom stereocenters. The molecule has 1 heterocycles. The number of rotatable bonds is 2. The highest BCUT2D eigenvalue weighted by Gasteiger charge is 1.98. The molecule has 0 saturated heterocycles. The first-order valence-electron chi connectivity index (χ1n) is 2.85. The number of thiazole rings is 1. The zero-order valence-corrected chi connectivity index (χ0v) is 7.13. The smallest absolute Gasteiger partial charge is 0.152 e. The summed E-state index contributed by atoms with van der Waals surface area (Å²) in [4.78, 5) is 4.04. The maximum absolute atomic E-state index is 8.40. The van der Waals surface area contributed by atoms with E-state index in [0.29, 0.717) is 5.69 Å². The zero-order valence-electron chi connectivity index (χ0n) is 5.50. The van der Waals surface area contributed by atoms with Gasteiger partial charge in [-0.25, -0.2) is 4.98 Å². The van der Waals surface area contributed by atoms with E-state index in [1.165, 1.54) is 11.3 Å². The number of hydrogen-bond donors (Lipinski definition) is 0. The summed E-state index contributed by atoms with van der Waals surface area (Å²) in [5.74, 6) is 1.01. The highest BCUT2D eigenvalue weighted by molar-refractivity contribution is 8.00. The number of thioether (sulfide) groups is 1. The first-order valence-corrected chi connectivity index (χ1v) is 4.71. The summed E-state index contributed by atoms with van der Waals surface area (Å²) in [6.45, 7) is 2.07. The van der Waals surface area contributed by atoms with Gasteiger partial charge in [-0.2, -0.15) is 5.26 Å². The van der Waals surface area contributed by atoms with Crippen LogP contribution < -0.4 is 0 Å². The highest BCUT2D eigenvalue weighted by atomic mass is 32.2. The molecular formula is C6H6N2S2. The Morgan fingerprint density at radius 3 is 3.20 bits per heavy atom. The average molecular weight is 170 g/mol. The topological polar surface area (TPSA) is 36.7 Å². The molecule has 0 aliphatic rings. The Bertz CT molecular complexity index is 248. The molecule has 0 atom stereocenters. The molecule has 0 bridgehead atoms. The third-order valence-corrected chi connectivity index (χ3v) is 2.77. The Balaban J connectivity index is 2.71. The molecular weight excluding hydrogens is 164 g/mol. The van der Waals surface area contributed by atoms with E-state index >= 15 is 0 Å². The van der Waals surface area contributed by atoms with Gasteiger partial charge in [-0.15, -0.1) is 11.3 Å². The first kappa shape index (κ1) is 7.58. The molecule has 0 aromatic carbocycles. The Labute approximate surface area is 67.9 Å². The molecule has 0 aliphatic heterocycles. The second kappa shape index (κ2) is 3.59. The quantitative estimate of drug-likeness (QED) is 0.638. The fourth-order valence-electron chi connectivity index (χ4n) is 0.498. The van der Waals surface area contributed by atoms with Gasteiger partial charge in [0.1, 0.15) is 6.07 Å². The van der Waals surface area contributed by atoms with Crippen LogP contribution in [0, 0.1) is 11.3 Å². The van der Waals surface area contributed by atoms with Crippen molar-refractivity contribution < 1.29 is 0 Å². The lowest BCUT2D eigenvalue weighted by Crippen LogP contribution is -1.72. The molecule has 2 nitrogen and oxygen atoms in total. The lowest BCUT2D eigenvalue weighted by molar-refractivity contribution is 1.21. The maximum Gasteiger partial charge on any atom is 0.152 e. The van der Waals surface area contributed by atoms with Gasteiger partial charge in [0, 0.05) is 5.38 Å². The van der Waals surface area contributed by atoms with Gasteiger partial charge in [-0.3, -0.25) is 0 Å². The van der Waals surface area contributed by atoms with Crippen molar-refractivity contribution in [1.82, 2.24) is 4.98 Å². The van der Waals surface area contributed by atoms with E-state index in [1.807, 2.05) is 6.07 Å². The summed E-state index contributed by atoms with van der Waals surface area (Å²) in [5, 5.41) is 10.2. The second-order valence-corrected chi connectivity index (χ2v) is 3.91. The second-order valence-electron chi connectivity index (χ2n) is 1.54. The molecule has 1 aromatic heterocycles. The van der Waals surface area contributed by atoms with Crippen LogP contribution in [-0.2, 0) is 0 Å². The standard InChI is InChI=1S/C6H6N2S2/c1-2-9-6-8-5(3-7)4-10-6/h4H,2H2,1H3. The van der Waals surface area contributed by atoms with E-state index in [9.17, 15) is 0 Å². The zero-order chi connectivity index (χ0) is 7.40. The molecule has 0 N–H and O–H groups in total. The SMILES string of the molecule is CCSc1nc(C#N)cs1. The van der Waals surface area contributed by atoms with Gasteiger partial charge in [0.25, 0.3) is 0 Å². The lowest BCUT2D eigenvalue weighted by atomic mass is 10.6. The Hall–Kier alpha value is -0.530. The summed E-state index contributed by atoms with van der Waals surface area (Å²) in [6.07, 6.45) is 0. The third kappa shape index (κ3) is 1.72. The molecule has 1 aromatic rings. The molecule has 0 radical (unpaired) electrons. The number of hydrogen-bond acceptors (Lipinski definition) is 4. The predicted molar refractivity (Wildman–Crippen MR) is 43.2 cm³/mol. The van der Waals surface area contributed by atoms with Gasteiger partial charge in [-0.05, 0) is 5.75 Å². The van der Waals surface area contributed by atoms with Gasteiger partial charge in [-0.1, -0.05) is 18.7 Å². The minimum Gasteiger partial charge on any atom is -0.219 e. The van der Waals surface area contributed by atoms with Crippen LogP contribution in [0.5, 0.6) is 0 Å². The summed E-state index contributed by atoms with van der Waals surface area (Å²) in [6, 6.07) is 1.99. The van der Waals surface area contributed by atoms with Crippen LogP contribution in [0.1, 0.15) is 12.6 Å². The van der Waals surface area contributed by atoms with E-state index in [2.05, 4.69) is 11.9 Å². The van der Waals surface area contributed by atoms with Gasteiger partial charge in [0.05, 0.1) is 0 Å². The van der Waals surface area contributed by atoms with Crippen LogP contribution in [-0.4, -0.2) is 10.7 Å². The van der Waals surface area contributed by atoms with Crippen molar-refractivity contribution in [2.24, 2.45) is 0 Å². The van der Waals surface area contributed by atoms with Crippen LogP contribution in [0.2, 0.25) is 0 Å². The fourth-order valence-corrected chi connectivity index (χ4v) is 2.15. The van der Waals surface area contributed by atoms with Crippen molar-refractivity contribution in [2.75, 3.05) is 5.75 Å². The van der Waals surface area contributed by atoms with Crippen LogP contribution in [0.25, 0.3) is 0 Å². The van der Waals surface area contributed by atoms with Crippen molar-refractivity contribution in [1.29, 1.82) is 5.26 Å². The summed E-state index contributed by atoms with van der Waals surface area (Å²) in [7, 11) is 0. The lowest BCUT2D eigenvalue weighted by Gasteiger charge is -1.84. The minimum atomic E-state index is 0.529. The van der Waals surface area contributed by atoms with Gasteiger partial charge in [0.2, 0.25) is 0 Å². The van der Waals surface area contributed by atoms with Crippen molar-refractivity contribution in [3.63, 3.8) is 0 Å². The molecule has 10 heavy (non-hydrogen) atoms. The largest absolute Gasteiger partial charge is 0.219 e. The van der Waals surface area contributed by atoms with Crippen LogP contribution in [0.4, 0.5) is 0 Å². The summed E-state index contributed by atoms with van der Waals surface area (Å²) in [5.41, 5.74) is 0.529. The molecule has 0 fully saturated rings. The van der Waals surface area contributed by atoms with Crippen LogP contribution >= 0.6 is 23.1 Å². The highest BCUT2D eigenvalue weighted by Crippen LogP contribution is 2.21. The van der Waals surface area contributed by atoms with Crippen molar-refractivity contribution in [3.05, 3.63) is 11.1 Å². The third-order valence-electron chi connectivity index (χ3n) is 0.865. The molecule has 0 amide bonds. The van der Waals surface area contributed by atoms with E-state index in [4.69, 9.17) is 5.26 Å². The van der Waals surface area contributed by atoms with Crippen LogP contribution in [0.3, 0.4) is 0 Å². The van der Waals surface area contributed by atoms with Gasteiger partial charge >= 0.3 is 0 Å². The Morgan fingerprint density at radius 1 is 1.90 bits per heavy atom. The molecule has 0 spiro atoms. The van der Waals surface area contributed by atoms with E-state index < -0.39 is 0 Å². The molecule has 0 saturated carbocycles. The van der Waals surface area contributed by atoms with Gasteiger partial charge < -0.3 is 0 Å². The summed E-state index contributed by atoms with van der Waals surface area (Å²) < 4.78 is 0.985. The van der Waals surface area contributed by atoms with E-state index in [1.54, 1.807) is 17.1 Å². The molecule has 1 rings (SSSR count). The molecule has 0 aliphatic carbocycles. The van der Waals surface area contributed by atoms with Crippen molar-refractivity contribution >= 4 is 23.1 Å². The number of aromatic nitrogens is 1. The number of nitriles is 1. The van der Waals surface area contributed by atoms with Crippen molar-refractivity contribution in [3.8, 4) is 6.07 Å². The van der Waals surface area contributed by atoms with E-state index in [-0.39, 0.29) is 0 Å². The average Bonchev–Trinajstić information content (AvgIpc) is 2.37. The minimum absolute atomic E-state index is 0.529. The monoisotopic (exact) mass is 170 g/mol.